The summed E-state index contributed by atoms with van der Waals surface area (Å²) in [5.74, 6) is -0.269. The summed E-state index contributed by atoms with van der Waals surface area (Å²) >= 11 is 1.35. The second kappa shape index (κ2) is 8.35. The third kappa shape index (κ3) is 9.28. The smallest absolute Gasteiger partial charge is 0.302 e. The standard InChI is InChI=1S/C14H24O3S/c1-11(2)7-6-8-14(5,18-13(4)16)9-10-17-12(3)15/h7H,6,8-10H2,1-5H3. The Labute approximate surface area is 114 Å². The van der Waals surface area contributed by atoms with Gasteiger partial charge in [-0.05, 0) is 40.0 Å². The van der Waals surface area contributed by atoms with Crippen molar-refractivity contribution in [2.45, 2.75) is 58.6 Å². The van der Waals surface area contributed by atoms with Crippen LogP contribution in [0.3, 0.4) is 0 Å². The van der Waals surface area contributed by atoms with Gasteiger partial charge in [0.25, 0.3) is 0 Å². The minimum Gasteiger partial charge on any atom is -0.466 e. The van der Waals surface area contributed by atoms with Gasteiger partial charge in [0.15, 0.2) is 5.12 Å². The Bertz CT molecular complexity index is 319. The lowest BCUT2D eigenvalue weighted by Gasteiger charge is -2.27. The Balaban J connectivity index is 4.36. The monoisotopic (exact) mass is 272 g/mol. The summed E-state index contributed by atoms with van der Waals surface area (Å²) < 4.78 is 4.81. The van der Waals surface area contributed by atoms with E-state index in [1.54, 1.807) is 6.92 Å². The largest absolute Gasteiger partial charge is 0.466 e. The maximum atomic E-state index is 11.3. The van der Waals surface area contributed by atoms with Gasteiger partial charge < -0.3 is 4.74 Å². The lowest BCUT2D eigenvalue weighted by molar-refractivity contribution is -0.141. The van der Waals surface area contributed by atoms with Crippen molar-refractivity contribution in [1.29, 1.82) is 0 Å². The van der Waals surface area contributed by atoms with E-state index in [1.165, 1.54) is 24.3 Å². The first kappa shape index (κ1) is 17.2. The number of hydrogen-bond acceptors (Lipinski definition) is 4. The molecule has 3 nitrogen and oxygen atoms in total. The first-order chi connectivity index (χ1) is 8.25. The van der Waals surface area contributed by atoms with Crippen LogP contribution in [-0.4, -0.2) is 22.4 Å². The van der Waals surface area contributed by atoms with Crippen LogP contribution in [0.2, 0.25) is 0 Å². The number of carbonyl (C=O) groups excluding carboxylic acids is 2. The van der Waals surface area contributed by atoms with Crippen molar-refractivity contribution in [1.82, 2.24) is 0 Å². The highest BCUT2D eigenvalue weighted by Crippen LogP contribution is 2.34. The molecule has 0 saturated heterocycles. The summed E-state index contributed by atoms with van der Waals surface area (Å²) in [6, 6.07) is 0. The van der Waals surface area contributed by atoms with Gasteiger partial charge >= 0.3 is 5.97 Å². The van der Waals surface area contributed by atoms with Crippen LogP contribution in [0.15, 0.2) is 11.6 Å². The molecule has 0 bridgehead atoms. The number of ether oxygens (including phenoxy) is 1. The first-order valence-electron chi connectivity index (χ1n) is 6.21. The van der Waals surface area contributed by atoms with Gasteiger partial charge in [0.2, 0.25) is 0 Å². The first-order valence-corrected chi connectivity index (χ1v) is 7.03. The Hall–Kier alpha value is -0.770. The molecule has 4 heteroatoms. The highest BCUT2D eigenvalue weighted by molar-refractivity contribution is 8.14. The number of rotatable bonds is 7. The van der Waals surface area contributed by atoms with Crippen LogP contribution in [0.25, 0.3) is 0 Å². The van der Waals surface area contributed by atoms with E-state index in [0.29, 0.717) is 13.0 Å². The predicted octanol–water partition coefficient (Wildman–Crippen LogP) is 3.72. The van der Waals surface area contributed by atoms with Gasteiger partial charge in [0.1, 0.15) is 0 Å². The number of hydrogen-bond donors (Lipinski definition) is 0. The molecule has 0 aliphatic heterocycles. The predicted molar refractivity (Wildman–Crippen MR) is 76.6 cm³/mol. The molecule has 1 unspecified atom stereocenters. The zero-order chi connectivity index (χ0) is 14.2. The van der Waals surface area contributed by atoms with Crippen LogP contribution in [0, 0.1) is 0 Å². The maximum Gasteiger partial charge on any atom is 0.302 e. The van der Waals surface area contributed by atoms with Gasteiger partial charge in [-0.1, -0.05) is 23.4 Å². The Kier molecular flexibility index (Phi) is 8.00. The maximum absolute atomic E-state index is 11.3. The summed E-state index contributed by atoms with van der Waals surface area (Å²) in [6.07, 6.45) is 4.72. The Morgan fingerprint density at radius 2 is 1.78 bits per heavy atom. The third-order valence-electron chi connectivity index (χ3n) is 2.55. The quantitative estimate of drug-likeness (QED) is 0.523. The van der Waals surface area contributed by atoms with Crippen LogP contribution in [0.1, 0.15) is 53.9 Å². The molecule has 0 amide bonds. The van der Waals surface area contributed by atoms with Crippen molar-refractivity contribution in [2.24, 2.45) is 0 Å². The van der Waals surface area contributed by atoms with Crippen molar-refractivity contribution in [3.63, 3.8) is 0 Å². The fraction of sp³-hybridized carbons (Fsp3) is 0.714. The lowest BCUT2D eigenvalue weighted by atomic mass is 10.0. The molecular weight excluding hydrogens is 248 g/mol. The van der Waals surface area contributed by atoms with Gasteiger partial charge in [-0.25, -0.2) is 0 Å². The highest BCUT2D eigenvalue weighted by Gasteiger charge is 2.26. The van der Waals surface area contributed by atoms with E-state index < -0.39 is 0 Å². The molecule has 0 N–H and O–H groups in total. The second-order valence-electron chi connectivity index (χ2n) is 4.95. The molecule has 18 heavy (non-hydrogen) atoms. The van der Waals surface area contributed by atoms with Gasteiger partial charge in [-0.15, -0.1) is 0 Å². The van der Waals surface area contributed by atoms with E-state index in [2.05, 4.69) is 26.8 Å². The molecule has 0 aromatic rings. The lowest BCUT2D eigenvalue weighted by Crippen LogP contribution is -2.24. The fourth-order valence-electron chi connectivity index (χ4n) is 1.65. The van der Waals surface area contributed by atoms with Crippen LogP contribution >= 0.6 is 11.8 Å². The van der Waals surface area contributed by atoms with Crippen LogP contribution < -0.4 is 0 Å². The van der Waals surface area contributed by atoms with Crippen LogP contribution in [0.5, 0.6) is 0 Å². The molecule has 0 saturated carbocycles. The number of allylic oxidation sites excluding steroid dienone is 2. The SMILES string of the molecule is CC(=O)OCCC(C)(CCC=C(C)C)SC(C)=O. The third-order valence-corrected chi connectivity index (χ3v) is 3.74. The molecule has 0 aliphatic rings. The zero-order valence-electron chi connectivity index (χ0n) is 12.0. The topological polar surface area (TPSA) is 43.4 Å². The van der Waals surface area contributed by atoms with Crippen molar-refractivity contribution >= 4 is 22.8 Å². The summed E-state index contributed by atoms with van der Waals surface area (Å²) in [5, 5.41) is 0.109. The van der Waals surface area contributed by atoms with Crippen LogP contribution in [-0.2, 0) is 14.3 Å². The highest BCUT2D eigenvalue weighted by atomic mass is 32.2. The van der Waals surface area contributed by atoms with E-state index in [-0.39, 0.29) is 15.8 Å². The molecule has 1 atom stereocenters. The van der Waals surface area contributed by atoms with Crippen molar-refractivity contribution in [3.05, 3.63) is 11.6 Å². The molecule has 0 radical (unpaired) electrons. The van der Waals surface area contributed by atoms with Crippen molar-refractivity contribution < 1.29 is 14.3 Å². The summed E-state index contributed by atoms with van der Waals surface area (Å²) in [7, 11) is 0. The Morgan fingerprint density at radius 1 is 1.17 bits per heavy atom. The van der Waals surface area contributed by atoms with Gasteiger partial charge in [-0.2, -0.15) is 0 Å². The van der Waals surface area contributed by atoms with Gasteiger partial charge in [0, 0.05) is 18.6 Å². The summed E-state index contributed by atoms with van der Waals surface area (Å²) in [5.41, 5.74) is 1.28. The summed E-state index contributed by atoms with van der Waals surface area (Å²) in [6.45, 7) is 9.54. The second-order valence-corrected chi connectivity index (χ2v) is 6.72. The summed E-state index contributed by atoms with van der Waals surface area (Å²) in [4.78, 5) is 22.0. The normalized spacial score (nSPS) is 13.6. The number of esters is 1. The molecule has 0 aromatic heterocycles. The molecule has 0 spiro atoms. The molecule has 0 heterocycles. The average molecular weight is 272 g/mol. The number of thioether (sulfide) groups is 1. The average Bonchev–Trinajstić information content (AvgIpc) is 2.14. The molecule has 0 fully saturated rings. The van der Waals surface area contributed by atoms with Crippen molar-refractivity contribution in [3.8, 4) is 0 Å². The van der Waals surface area contributed by atoms with E-state index in [1.807, 2.05) is 0 Å². The van der Waals surface area contributed by atoms with Gasteiger partial charge in [0.05, 0.1) is 6.61 Å². The van der Waals surface area contributed by atoms with Crippen LogP contribution in [0.4, 0.5) is 0 Å². The van der Waals surface area contributed by atoms with E-state index in [9.17, 15) is 9.59 Å². The minimum absolute atomic E-state index is 0.109. The van der Waals surface area contributed by atoms with E-state index >= 15 is 0 Å². The van der Waals surface area contributed by atoms with E-state index in [0.717, 1.165) is 12.8 Å². The number of carbonyl (C=O) groups is 2. The molecular formula is C14H24O3S. The molecule has 0 aliphatic carbocycles. The molecule has 0 rings (SSSR count). The minimum atomic E-state index is -0.269. The van der Waals surface area contributed by atoms with Crippen molar-refractivity contribution in [2.75, 3.05) is 6.61 Å². The fourth-order valence-corrected chi connectivity index (χ4v) is 2.75. The molecule has 0 aromatic carbocycles. The van der Waals surface area contributed by atoms with Gasteiger partial charge in [-0.3, -0.25) is 9.59 Å². The van der Waals surface area contributed by atoms with E-state index in [4.69, 9.17) is 4.74 Å². The zero-order valence-corrected chi connectivity index (χ0v) is 12.9. The Morgan fingerprint density at radius 3 is 2.22 bits per heavy atom. The molecule has 104 valence electrons.